The van der Waals surface area contributed by atoms with Crippen molar-refractivity contribution in [2.75, 3.05) is 26.2 Å². The second-order valence-electron chi connectivity index (χ2n) is 5.90. The van der Waals surface area contributed by atoms with Crippen LogP contribution in [0.5, 0.6) is 0 Å². The van der Waals surface area contributed by atoms with E-state index in [0.29, 0.717) is 25.9 Å². The predicted molar refractivity (Wildman–Crippen MR) is 96.4 cm³/mol. The van der Waals surface area contributed by atoms with Gasteiger partial charge in [-0.3, -0.25) is 4.79 Å². The van der Waals surface area contributed by atoms with Crippen LogP contribution in [-0.2, 0) is 14.8 Å². The number of rotatable bonds is 7. The molecule has 3 N–H and O–H groups in total. The number of hydrogen-bond acceptors (Lipinski definition) is 4. The highest BCUT2D eigenvalue weighted by Crippen LogP contribution is 2.25. The molecular weight excluding hydrogens is 369 g/mol. The van der Waals surface area contributed by atoms with Crippen LogP contribution >= 0.6 is 12.4 Å². The van der Waals surface area contributed by atoms with Gasteiger partial charge in [0.1, 0.15) is 10.7 Å². The highest BCUT2D eigenvalue weighted by Gasteiger charge is 2.33. The zero-order valence-electron chi connectivity index (χ0n) is 14.0. The molecule has 1 aromatic rings. The summed E-state index contributed by atoms with van der Waals surface area (Å²) in [6.45, 7) is 1.63. The molecule has 0 aromatic heterocycles. The van der Waals surface area contributed by atoms with Gasteiger partial charge >= 0.3 is 0 Å². The van der Waals surface area contributed by atoms with E-state index in [0.717, 1.165) is 18.9 Å². The molecule has 0 atom stereocenters. The van der Waals surface area contributed by atoms with E-state index in [1.807, 2.05) is 0 Å². The minimum absolute atomic E-state index is 0. The van der Waals surface area contributed by atoms with Crippen LogP contribution in [0.25, 0.3) is 0 Å². The van der Waals surface area contributed by atoms with Gasteiger partial charge in [0.15, 0.2) is 0 Å². The van der Waals surface area contributed by atoms with Gasteiger partial charge in [-0.1, -0.05) is 12.1 Å². The molecular formula is C16H25ClFN3O3S. The van der Waals surface area contributed by atoms with E-state index in [1.165, 1.54) is 22.5 Å². The summed E-state index contributed by atoms with van der Waals surface area (Å²) in [6, 6.07) is 5.35. The lowest BCUT2D eigenvalue weighted by molar-refractivity contribution is -0.126. The zero-order valence-corrected chi connectivity index (χ0v) is 15.6. The molecule has 9 heteroatoms. The number of nitrogens with two attached hydrogens (primary N) is 1. The first kappa shape index (κ1) is 21.8. The Kier molecular flexibility index (Phi) is 8.78. The van der Waals surface area contributed by atoms with Gasteiger partial charge in [0.2, 0.25) is 15.9 Å². The summed E-state index contributed by atoms with van der Waals surface area (Å²) >= 11 is 0. The maximum absolute atomic E-state index is 13.8. The molecule has 0 saturated carbocycles. The number of nitrogens with zero attached hydrogens (tertiary/aromatic N) is 1. The lowest BCUT2D eigenvalue weighted by atomic mass is 9.97. The highest BCUT2D eigenvalue weighted by atomic mass is 35.5. The van der Waals surface area contributed by atoms with Crippen molar-refractivity contribution < 1.29 is 17.6 Å². The molecule has 1 heterocycles. The molecule has 2 rings (SSSR count). The molecule has 1 saturated heterocycles. The number of sulfonamides is 1. The third-order valence-corrected chi connectivity index (χ3v) is 6.14. The van der Waals surface area contributed by atoms with Gasteiger partial charge in [-0.25, -0.2) is 12.8 Å². The molecule has 142 valence electrons. The monoisotopic (exact) mass is 393 g/mol. The molecule has 1 amide bonds. The van der Waals surface area contributed by atoms with Crippen molar-refractivity contribution >= 4 is 28.3 Å². The summed E-state index contributed by atoms with van der Waals surface area (Å²) < 4.78 is 40.0. The molecule has 25 heavy (non-hydrogen) atoms. The standard InChI is InChI=1S/C16H24FN3O3S.ClH/c17-14-5-1-2-6-15(14)24(22,23)20-11-7-13(8-12-20)16(21)19-10-4-3-9-18;/h1-2,5-6,13H,3-4,7-12,18H2,(H,19,21);1H. The average Bonchev–Trinajstić information content (AvgIpc) is 2.59. The van der Waals surface area contributed by atoms with Gasteiger partial charge in [-0.15, -0.1) is 12.4 Å². The van der Waals surface area contributed by atoms with Gasteiger partial charge in [0.05, 0.1) is 0 Å². The van der Waals surface area contributed by atoms with Crippen molar-refractivity contribution in [2.24, 2.45) is 11.7 Å². The first-order chi connectivity index (χ1) is 11.5. The predicted octanol–water partition coefficient (Wildman–Crippen LogP) is 1.50. The summed E-state index contributed by atoms with van der Waals surface area (Å²) in [4.78, 5) is 11.8. The molecule has 1 aromatic carbocycles. The molecule has 0 bridgehead atoms. The van der Waals surface area contributed by atoms with Gasteiger partial charge in [-0.2, -0.15) is 4.31 Å². The summed E-state index contributed by atoms with van der Waals surface area (Å²) in [5.41, 5.74) is 5.40. The van der Waals surface area contributed by atoms with Gasteiger partial charge in [-0.05, 0) is 44.4 Å². The Morgan fingerprint density at radius 2 is 1.88 bits per heavy atom. The number of hydrogen-bond donors (Lipinski definition) is 2. The van der Waals surface area contributed by atoms with Crippen LogP contribution in [0.1, 0.15) is 25.7 Å². The Morgan fingerprint density at radius 1 is 1.24 bits per heavy atom. The molecule has 6 nitrogen and oxygen atoms in total. The third-order valence-electron chi connectivity index (χ3n) is 4.21. The van der Waals surface area contributed by atoms with Crippen molar-refractivity contribution in [1.29, 1.82) is 0 Å². The number of halogens is 2. The minimum Gasteiger partial charge on any atom is -0.356 e. The fraction of sp³-hybridized carbons (Fsp3) is 0.562. The van der Waals surface area contributed by atoms with Crippen LogP contribution in [-0.4, -0.2) is 44.8 Å². The molecule has 0 spiro atoms. The normalized spacial score (nSPS) is 16.2. The topological polar surface area (TPSA) is 92.5 Å². The van der Waals surface area contributed by atoms with Crippen molar-refractivity contribution in [3.05, 3.63) is 30.1 Å². The minimum atomic E-state index is -3.85. The second kappa shape index (κ2) is 10.1. The Morgan fingerprint density at radius 3 is 2.48 bits per heavy atom. The van der Waals surface area contributed by atoms with Gasteiger partial charge < -0.3 is 11.1 Å². The van der Waals surface area contributed by atoms with E-state index in [4.69, 9.17) is 5.73 Å². The highest BCUT2D eigenvalue weighted by molar-refractivity contribution is 7.89. The average molecular weight is 394 g/mol. The summed E-state index contributed by atoms with van der Waals surface area (Å²) in [7, 11) is -3.85. The fourth-order valence-electron chi connectivity index (χ4n) is 2.78. The number of carbonyl (C=O) groups is 1. The number of unbranched alkanes of at least 4 members (excludes halogenated alkanes) is 1. The van der Waals surface area contributed by atoms with Crippen LogP contribution in [0.3, 0.4) is 0 Å². The lowest BCUT2D eigenvalue weighted by Crippen LogP contribution is -2.43. The first-order valence-corrected chi connectivity index (χ1v) is 9.63. The number of piperidine rings is 1. The van der Waals surface area contributed by atoms with Crippen molar-refractivity contribution in [1.82, 2.24) is 9.62 Å². The second-order valence-corrected chi connectivity index (χ2v) is 7.80. The summed E-state index contributed by atoms with van der Waals surface area (Å²) in [6.07, 6.45) is 2.58. The van der Waals surface area contributed by atoms with E-state index < -0.39 is 15.8 Å². The van der Waals surface area contributed by atoms with E-state index >= 15 is 0 Å². The Labute approximate surface area is 154 Å². The maximum atomic E-state index is 13.8. The quantitative estimate of drug-likeness (QED) is 0.686. The smallest absolute Gasteiger partial charge is 0.245 e. The van der Waals surface area contributed by atoms with E-state index in [1.54, 1.807) is 0 Å². The van der Waals surface area contributed by atoms with Crippen molar-refractivity contribution in [3.63, 3.8) is 0 Å². The number of amides is 1. The van der Waals surface area contributed by atoms with E-state index in [9.17, 15) is 17.6 Å². The molecule has 0 aliphatic carbocycles. The van der Waals surface area contributed by atoms with E-state index in [2.05, 4.69) is 5.32 Å². The summed E-state index contributed by atoms with van der Waals surface area (Å²) in [5.74, 6) is -0.998. The summed E-state index contributed by atoms with van der Waals surface area (Å²) in [5, 5.41) is 2.86. The molecule has 0 radical (unpaired) electrons. The molecule has 1 fully saturated rings. The van der Waals surface area contributed by atoms with Crippen LogP contribution in [0.2, 0.25) is 0 Å². The maximum Gasteiger partial charge on any atom is 0.245 e. The van der Waals surface area contributed by atoms with Gasteiger partial charge in [0.25, 0.3) is 0 Å². The number of nitrogens with one attached hydrogen (secondary N) is 1. The SMILES string of the molecule is Cl.NCCCCNC(=O)C1CCN(S(=O)(=O)c2ccccc2F)CC1. The van der Waals surface area contributed by atoms with Crippen molar-refractivity contribution in [2.45, 2.75) is 30.6 Å². The zero-order chi connectivity index (χ0) is 17.6. The van der Waals surface area contributed by atoms with Crippen LogP contribution < -0.4 is 11.1 Å². The van der Waals surface area contributed by atoms with Crippen LogP contribution in [0.15, 0.2) is 29.2 Å². The largest absolute Gasteiger partial charge is 0.356 e. The third kappa shape index (κ3) is 5.64. The Bertz CT molecular complexity index is 664. The van der Waals surface area contributed by atoms with Crippen molar-refractivity contribution in [3.8, 4) is 0 Å². The Hall–Kier alpha value is -1.22. The number of carbonyl (C=O) groups excluding carboxylic acids is 1. The van der Waals surface area contributed by atoms with Gasteiger partial charge in [0, 0.05) is 25.6 Å². The molecule has 1 aliphatic rings. The molecule has 1 aliphatic heterocycles. The van der Waals surface area contributed by atoms with Crippen LogP contribution in [0, 0.1) is 11.7 Å². The fourth-order valence-corrected chi connectivity index (χ4v) is 4.31. The Balaban J connectivity index is 0.00000312. The number of benzene rings is 1. The van der Waals surface area contributed by atoms with E-state index in [-0.39, 0.29) is 42.2 Å². The molecule has 0 unspecified atom stereocenters. The lowest BCUT2D eigenvalue weighted by Gasteiger charge is -2.30. The van der Waals surface area contributed by atoms with Crippen LogP contribution in [0.4, 0.5) is 4.39 Å². The first-order valence-electron chi connectivity index (χ1n) is 8.19.